The van der Waals surface area contributed by atoms with Gasteiger partial charge in [-0.25, -0.2) is 16.8 Å². The molecular weight excluding hydrogens is 568 g/mol. The van der Waals surface area contributed by atoms with E-state index in [1.165, 1.54) is 48.5 Å². The van der Waals surface area contributed by atoms with Crippen molar-refractivity contribution in [3.8, 4) is 0 Å². The third kappa shape index (κ3) is 9.02. The third-order valence-electron chi connectivity index (χ3n) is 5.75. The summed E-state index contributed by atoms with van der Waals surface area (Å²) in [4.78, 5) is 29.2. The van der Waals surface area contributed by atoms with E-state index in [9.17, 15) is 26.4 Å². The first-order valence-corrected chi connectivity index (χ1v) is 15.6. The number of nitrogens with one attached hydrogen (secondary N) is 3. The highest BCUT2D eigenvalue weighted by molar-refractivity contribution is 7.90. The van der Waals surface area contributed by atoms with E-state index in [0.717, 1.165) is 19.3 Å². The van der Waals surface area contributed by atoms with Crippen LogP contribution in [0.25, 0.3) is 0 Å². The second-order valence-electron chi connectivity index (χ2n) is 9.22. The molecule has 0 saturated carbocycles. The van der Waals surface area contributed by atoms with Gasteiger partial charge in [0, 0.05) is 23.7 Å². The molecule has 0 spiro atoms. The number of hydrogen-bond acceptors (Lipinski definition) is 8. The molecule has 2 aromatic carbocycles. The zero-order valence-electron chi connectivity index (χ0n) is 21.5. The molecule has 0 bridgehead atoms. The van der Waals surface area contributed by atoms with Crippen molar-refractivity contribution in [2.75, 3.05) is 18.5 Å². The summed E-state index contributed by atoms with van der Waals surface area (Å²) < 4.78 is 60.5. The van der Waals surface area contributed by atoms with Crippen LogP contribution in [0.15, 0.2) is 63.3 Å². The number of sulfonamides is 2. The second kappa shape index (κ2) is 13.4. The van der Waals surface area contributed by atoms with Gasteiger partial charge >= 0.3 is 5.97 Å². The third-order valence-corrected chi connectivity index (χ3v) is 8.85. The maximum atomic E-state index is 12.7. The molecule has 0 fully saturated rings. The van der Waals surface area contributed by atoms with Crippen LogP contribution in [0.1, 0.15) is 39.5 Å². The molecule has 0 radical (unpaired) electrons. The minimum atomic E-state index is -4.05. The van der Waals surface area contributed by atoms with Crippen molar-refractivity contribution >= 4 is 55.0 Å². The number of ether oxygens (including phenoxy) is 1. The van der Waals surface area contributed by atoms with Crippen LogP contribution in [-0.2, 0) is 34.4 Å². The fourth-order valence-electron chi connectivity index (χ4n) is 3.62. The smallest absolute Gasteiger partial charge is 0.324 e. The number of rotatable bonds is 10. The summed E-state index contributed by atoms with van der Waals surface area (Å²) >= 11 is 5.80. The minimum Gasteiger partial charge on any atom is -0.454 e. The summed E-state index contributed by atoms with van der Waals surface area (Å²) in [5, 5.41) is 2.87. The maximum absolute atomic E-state index is 12.7. The molecule has 3 N–H and O–H groups in total. The number of esters is 1. The fourth-order valence-corrected chi connectivity index (χ4v) is 6.17. The highest BCUT2D eigenvalue weighted by Gasteiger charge is 2.30. The maximum Gasteiger partial charge on any atom is 0.324 e. The summed E-state index contributed by atoms with van der Waals surface area (Å²) in [6, 6.07) is 9.66. The molecule has 0 saturated heterocycles. The zero-order valence-corrected chi connectivity index (χ0v) is 23.9. The van der Waals surface area contributed by atoms with Crippen molar-refractivity contribution in [2.45, 2.75) is 55.4 Å². The van der Waals surface area contributed by atoms with Crippen molar-refractivity contribution < 1.29 is 31.2 Å². The first-order valence-electron chi connectivity index (χ1n) is 12.3. The van der Waals surface area contributed by atoms with Gasteiger partial charge in [0.1, 0.15) is 11.9 Å². The first-order chi connectivity index (χ1) is 18.4. The van der Waals surface area contributed by atoms with Crippen LogP contribution in [0.3, 0.4) is 0 Å². The first kappa shape index (κ1) is 30.5. The number of amides is 1. The Balaban J connectivity index is 1.55. The lowest BCUT2D eigenvalue weighted by atomic mass is 10.1. The molecule has 1 aliphatic rings. The Hall–Kier alpha value is -3.00. The van der Waals surface area contributed by atoms with E-state index < -0.39 is 50.5 Å². The van der Waals surface area contributed by atoms with Crippen molar-refractivity contribution in [3.05, 3.63) is 53.6 Å². The Morgan fingerprint density at radius 1 is 0.923 bits per heavy atom. The van der Waals surface area contributed by atoms with Gasteiger partial charge in [0.05, 0.1) is 9.79 Å². The number of aliphatic imine (C=N–C) groups is 1. The Labute approximate surface area is 233 Å². The van der Waals surface area contributed by atoms with Crippen LogP contribution >= 0.6 is 11.6 Å². The molecular formula is C25H31ClN4O7S2. The van der Waals surface area contributed by atoms with Gasteiger partial charge < -0.3 is 10.1 Å². The Bertz CT molecular complexity index is 1410. The van der Waals surface area contributed by atoms with Crippen LogP contribution < -0.4 is 14.8 Å². The van der Waals surface area contributed by atoms with Crippen LogP contribution in [0, 0.1) is 5.92 Å². The van der Waals surface area contributed by atoms with E-state index in [1.807, 2.05) is 0 Å². The highest BCUT2D eigenvalue weighted by atomic mass is 35.5. The zero-order chi connectivity index (χ0) is 28.6. The molecule has 11 nitrogen and oxygen atoms in total. The molecule has 3 rings (SSSR count). The molecule has 0 aromatic heterocycles. The Kier molecular flexibility index (Phi) is 10.5. The number of nitrogens with zero attached hydrogens (tertiary/aromatic N) is 1. The molecule has 212 valence electrons. The standard InChI is InChI=1S/C25H31ClN4O7S2/c1-17(2)24(30-39(35,36)20-11-7-18(26)8-12-20)25(32)37-16-23(31)28-19-9-13-21(14-10-19)38(33,34)29-22-6-4-3-5-15-27-22/h7-14,17,24,30H,3-6,15-16H2,1-2H3,(H,27,29)(H,28,31)/t24-/m0/s1. The largest absolute Gasteiger partial charge is 0.454 e. The molecule has 1 amide bonds. The molecule has 0 aliphatic carbocycles. The van der Waals surface area contributed by atoms with E-state index in [0.29, 0.717) is 23.8 Å². The van der Waals surface area contributed by atoms with Gasteiger partial charge in [0.25, 0.3) is 15.9 Å². The fraction of sp³-hybridized carbons (Fsp3) is 0.400. The summed E-state index contributed by atoms with van der Waals surface area (Å²) in [7, 11) is -7.88. The van der Waals surface area contributed by atoms with Crippen molar-refractivity contribution in [1.29, 1.82) is 0 Å². The molecule has 1 heterocycles. The van der Waals surface area contributed by atoms with Crippen LogP contribution in [0.4, 0.5) is 5.69 Å². The summed E-state index contributed by atoms with van der Waals surface area (Å²) in [6.45, 7) is 3.16. The highest BCUT2D eigenvalue weighted by Crippen LogP contribution is 2.17. The van der Waals surface area contributed by atoms with Gasteiger partial charge in [-0.05, 0) is 67.3 Å². The average molecular weight is 599 g/mol. The second-order valence-corrected chi connectivity index (χ2v) is 13.1. The van der Waals surface area contributed by atoms with Gasteiger partial charge in [-0.3, -0.25) is 19.3 Å². The predicted octanol–water partition coefficient (Wildman–Crippen LogP) is 3.08. The van der Waals surface area contributed by atoms with Crippen LogP contribution in [0.5, 0.6) is 0 Å². The SMILES string of the molecule is CC(C)[C@H](NS(=O)(=O)c1ccc(Cl)cc1)C(=O)OCC(=O)Nc1ccc(S(=O)(=O)NC2=NCCCCC2)cc1. The van der Waals surface area contributed by atoms with Crippen molar-refractivity contribution in [3.63, 3.8) is 0 Å². The number of hydrogen-bond donors (Lipinski definition) is 3. The number of benzene rings is 2. The average Bonchev–Trinajstić information content (AvgIpc) is 3.14. The van der Waals surface area contributed by atoms with Gasteiger partial charge in [-0.1, -0.05) is 31.9 Å². The van der Waals surface area contributed by atoms with Gasteiger partial charge in [0.2, 0.25) is 10.0 Å². The van der Waals surface area contributed by atoms with Crippen LogP contribution in [0.2, 0.25) is 5.02 Å². The van der Waals surface area contributed by atoms with Gasteiger partial charge in [0.15, 0.2) is 6.61 Å². The number of halogens is 1. The van der Waals surface area contributed by atoms with E-state index in [-0.39, 0.29) is 15.5 Å². The predicted molar refractivity (Wildman–Crippen MR) is 148 cm³/mol. The lowest BCUT2D eigenvalue weighted by Gasteiger charge is -2.20. The van der Waals surface area contributed by atoms with E-state index in [1.54, 1.807) is 13.8 Å². The van der Waals surface area contributed by atoms with E-state index >= 15 is 0 Å². The topological polar surface area (TPSA) is 160 Å². The number of carbonyl (C=O) groups is 2. The van der Waals surface area contributed by atoms with E-state index in [4.69, 9.17) is 16.3 Å². The molecule has 1 aliphatic heterocycles. The Morgan fingerprint density at radius 2 is 1.54 bits per heavy atom. The molecule has 0 unspecified atom stereocenters. The monoisotopic (exact) mass is 598 g/mol. The summed E-state index contributed by atoms with van der Waals surface area (Å²) in [6.07, 6.45) is 3.34. The van der Waals surface area contributed by atoms with Gasteiger partial charge in [-0.2, -0.15) is 4.72 Å². The normalized spacial score (nSPS) is 15.1. The quantitative estimate of drug-likeness (QED) is 0.354. The molecule has 2 aromatic rings. The number of anilines is 1. The lowest BCUT2D eigenvalue weighted by molar-refractivity contribution is -0.150. The number of amidine groups is 1. The van der Waals surface area contributed by atoms with Gasteiger partial charge in [-0.15, -0.1) is 0 Å². The number of carbonyl (C=O) groups excluding carboxylic acids is 2. The summed E-state index contributed by atoms with van der Waals surface area (Å²) in [5.74, 6) is -1.66. The van der Waals surface area contributed by atoms with Crippen molar-refractivity contribution in [2.24, 2.45) is 10.9 Å². The minimum absolute atomic E-state index is 0.00613. The van der Waals surface area contributed by atoms with Crippen molar-refractivity contribution in [1.82, 2.24) is 9.44 Å². The summed E-state index contributed by atoms with van der Waals surface area (Å²) in [5.41, 5.74) is 0.283. The molecule has 39 heavy (non-hydrogen) atoms. The Morgan fingerprint density at radius 3 is 2.18 bits per heavy atom. The molecule has 14 heteroatoms. The van der Waals surface area contributed by atoms with E-state index in [2.05, 4.69) is 19.8 Å². The lowest BCUT2D eigenvalue weighted by Crippen LogP contribution is -2.45. The molecule has 1 atom stereocenters. The van der Waals surface area contributed by atoms with Crippen LogP contribution in [-0.4, -0.2) is 53.7 Å².